The minimum atomic E-state index is -5.46. The number of cyclic esters (lactones) is 1. The molecule has 0 aromatic heterocycles. The van der Waals surface area contributed by atoms with Gasteiger partial charge >= 0.3 is 43.6 Å². The molecule has 0 bridgehead atoms. The van der Waals surface area contributed by atoms with E-state index in [0.29, 0.717) is 12.8 Å². The van der Waals surface area contributed by atoms with Crippen LogP contribution in [-0.4, -0.2) is 206 Å². The molecule has 0 saturated carbocycles. The number of amides is 7. The quantitative estimate of drug-likeness (QED) is 0.00628. The number of carbonyl (C=O) groups is 14. The Bertz CT molecular complexity index is 2730. The highest BCUT2D eigenvalue weighted by atomic mass is 32.2. The number of ketones is 1. The lowest BCUT2D eigenvalue weighted by atomic mass is 10.0. The molecule has 1 saturated heterocycles. The molecule has 1 fully saturated rings. The fraction of sp³-hybridized carbons (Fsp3) is 0.724. The van der Waals surface area contributed by atoms with Crippen molar-refractivity contribution in [1.82, 2.24) is 31.9 Å². The second-order valence-corrected chi connectivity index (χ2v) is 24.9. The minimum Gasteiger partial charge on any atom is -0.481 e. The minimum absolute atomic E-state index is 0.0120. The average Bonchev–Trinajstić information content (AvgIpc) is 1.64. The summed E-state index contributed by atoms with van der Waals surface area (Å²) in [6.45, 7) is 1.12. The van der Waals surface area contributed by atoms with Crippen molar-refractivity contribution >= 4 is 114 Å². The molecule has 0 aliphatic carbocycles. The number of nitrogens with two attached hydrogens (primary N) is 5. The number of carboxylic acids is 3. The van der Waals surface area contributed by atoms with Crippen molar-refractivity contribution in [1.29, 1.82) is 0 Å². The summed E-state index contributed by atoms with van der Waals surface area (Å²) in [6.07, 6.45) is 2.23. The molecule has 9 atom stereocenters. The summed E-state index contributed by atoms with van der Waals surface area (Å²) in [5.41, 5.74) is 26.9. The molecule has 0 aromatic carbocycles. The first kappa shape index (κ1) is 86.8. The van der Waals surface area contributed by atoms with Crippen LogP contribution in [0.5, 0.6) is 0 Å². The third kappa shape index (κ3) is 40.2. The zero-order valence-electron chi connectivity index (χ0n) is 54.7. The van der Waals surface area contributed by atoms with Crippen LogP contribution in [0.15, 0.2) is 9.98 Å². The number of guanidine groups is 2. The number of primary amides is 1. The van der Waals surface area contributed by atoms with Gasteiger partial charge < -0.3 is 99.9 Å². The van der Waals surface area contributed by atoms with Gasteiger partial charge in [0.15, 0.2) is 18.0 Å². The van der Waals surface area contributed by atoms with Gasteiger partial charge in [0, 0.05) is 45.2 Å². The van der Waals surface area contributed by atoms with Gasteiger partial charge in [0.2, 0.25) is 59.3 Å². The lowest BCUT2D eigenvalue weighted by molar-refractivity contribution is -0.172. The van der Waals surface area contributed by atoms with Crippen LogP contribution in [0.2, 0.25) is 0 Å². The fourth-order valence-corrected chi connectivity index (χ4v) is 10.4. The molecule has 1 heterocycles. The molecule has 0 spiro atoms. The first-order valence-corrected chi connectivity index (χ1v) is 34.9. The second-order valence-electron chi connectivity index (χ2n) is 22.8. The van der Waals surface area contributed by atoms with E-state index in [1.807, 2.05) is 0 Å². The number of carboxylic acid groups (broad SMARTS) is 3. The number of hydrogen-bond donors (Lipinski definition) is 16. The molecule has 97 heavy (non-hydrogen) atoms. The Balaban J connectivity index is 3.33. The number of thioether (sulfide) groups is 1. The number of aliphatic carboxylic acids is 3. The summed E-state index contributed by atoms with van der Waals surface area (Å²) < 4.78 is 31.3. The smallest absolute Gasteiger partial charge is 0.470 e. The maximum Gasteiger partial charge on any atom is 0.470 e. The number of carbonyl (C=O) groups excluding carboxylic acids is 11. The van der Waals surface area contributed by atoms with E-state index in [1.54, 1.807) is 6.26 Å². The lowest BCUT2D eigenvalue weighted by Gasteiger charge is -2.27. The molecule has 550 valence electrons. The lowest BCUT2D eigenvalue weighted by Crippen LogP contribution is -2.59. The van der Waals surface area contributed by atoms with Crippen molar-refractivity contribution in [2.24, 2.45) is 38.7 Å². The number of hydrogen-bond acceptors (Lipinski definition) is 22. The van der Waals surface area contributed by atoms with Crippen molar-refractivity contribution in [2.45, 2.75) is 235 Å². The highest BCUT2D eigenvalue weighted by Crippen LogP contribution is 2.40. The number of Topliss-reactive ketones (excluding diaryl/α,β-unsaturated/α-hetero) is 1. The van der Waals surface area contributed by atoms with E-state index in [2.05, 4.69) is 53.3 Å². The van der Waals surface area contributed by atoms with Gasteiger partial charge in [-0.3, -0.25) is 72.0 Å². The second kappa shape index (κ2) is 48.5. The van der Waals surface area contributed by atoms with Gasteiger partial charge in [-0.2, -0.15) is 11.8 Å². The first-order chi connectivity index (χ1) is 45.8. The predicted molar refractivity (Wildman–Crippen MR) is 346 cm³/mol. The number of rotatable bonds is 55. The Kier molecular flexibility index (Phi) is 43.4. The summed E-state index contributed by atoms with van der Waals surface area (Å²) in [6, 6.07) is -9.98. The highest BCUT2D eigenvalue weighted by molar-refractivity contribution is 7.98. The molecule has 3 unspecified atom stereocenters. The van der Waals surface area contributed by atoms with Crippen molar-refractivity contribution in [3.05, 3.63) is 0 Å². The Labute approximate surface area is 565 Å². The van der Waals surface area contributed by atoms with Crippen molar-refractivity contribution in [3.8, 4) is 0 Å². The van der Waals surface area contributed by atoms with E-state index in [0.717, 1.165) is 32.1 Å². The molecule has 1 aliphatic heterocycles. The van der Waals surface area contributed by atoms with E-state index < -0.39 is 203 Å². The topological polar surface area (TPSA) is 621 Å². The molecule has 1 rings (SSSR count). The van der Waals surface area contributed by atoms with E-state index in [9.17, 15) is 96.8 Å². The normalized spacial score (nSPS) is 15.6. The predicted octanol–water partition coefficient (Wildman–Crippen LogP) is -1.48. The van der Waals surface area contributed by atoms with E-state index >= 15 is 0 Å². The summed E-state index contributed by atoms with van der Waals surface area (Å²) in [5, 5.41) is 43.1. The number of ether oxygens (including phenoxy) is 3. The highest BCUT2D eigenvalue weighted by Gasteiger charge is 2.52. The molecule has 7 amide bonds. The molecule has 1 aliphatic rings. The standard InChI is InChI=1S/C58H98N13O24PS/c1-3-4-5-6-7-8-9-10-11-12-13-14-15-20-46(79)93-40(48-47(80)49(56(88)94-48)95-96(89,90)91)33-92-45(78)28-25-42(73)66-35(22-26-43(74)75)51(82)69-37(23-27-44(76)77)53(84)70-38(29-32-97-2)54(85)68-36(21-24-41(59)72)52(83)67-34(18-16-30-64-57(60)61)50(81)71-39(55(86)87)19-17-31-65-58(62)63/h34-40,48-49H,3-33H2,1-2H3,(H2,59,72)(H,66,73)(H,67,83)(H,68,85)(H,69,82)(H,70,84)(H,71,81)(H,74,75)(H,76,77)(H,86,87)(H4,60,61,64)(H4,62,63,65)(H2,89,90,91)/t34-,35-,36-,37-,38-,39-,40?,48?,49?/m0/s1. The Morgan fingerprint density at radius 1 is 0.526 bits per heavy atom. The maximum absolute atomic E-state index is 14.2. The number of nitrogens with zero attached hydrogens (tertiary/aromatic N) is 2. The molecule has 21 N–H and O–H groups in total. The van der Waals surface area contributed by atoms with Crippen LogP contribution < -0.4 is 60.6 Å². The number of nitrogens with one attached hydrogen (secondary N) is 6. The molecule has 39 heteroatoms. The molecular weight excluding hydrogens is 1330 g/mol. The van der Waals surface area contributed by atoms with Gasteiger partial charge in [0.05, 0.1) is 6.42 Å². The zero-order valence-corrected chi connectivity index (χ0v) is 56.5. The average molecular weight is 1420 g/mol. The monoisotopic (exact) mass is 1420 g/mol. The van der Waals surface area contributed by atoms with Crippen LogP contribution in [0, 0.1) is 0 Å². The summed E-state index contributed by atoms with van der Waals surface area (Å²) in [5.74, 6) is -17.5. The third-order valence-electron chi connectivity index (χ3n) is 14.6. The molecule has 0 aromatic rings. The molecular formula is C58H98N13O24PS. The third-order valence-corrected chi connectivity index (χ3v) is 15.7. The maximum atomic E-state index is 14.2. The van der Waals surface area contributed by atoms with Crippen LogP contribution in [0.25, 0.3) is 0 Å². The van der Waals surface area contributed by atoms with Crippen molar-refractivity contribution in [2.75, 3.05) is 31.7 Å². The van der Waals surface area contributed by atoms with E-state index in [-0.39, 0.29) is 69.3 Å². The van der Waals surface area contributed by atoms with Gasteiger partial charge in [-0.1, -0.05) is 84.0 Å². The largest absolute Gasteiger partial charge is 0.481 e. The van der Waals surface area contributed by atoms with Gasteiger partial charge in [0.1, 0.15) is 42.9 Å². The van der Waals surface area contributed by atoms with Gasteiger partial charge in [0.25, 0.3) is 0 Å². The Morgan fingerprint density at radius 3 is 1.36 bits per heavy atom. The number of phosphoric ester groups is 1. The van der Waals surface area contributed by atoms with Crippen molar-refractivity contribution in [3.63, 3.8) is 0 Å². The Hall–Kier alpha value is -8.22. The van der Waals surface area contributed by atoms with E-state index in [4.69, 9.17) is 42.9 Å². The van der Waals surface area contributed by atoms with Gasteiger partial charge in [-0.15, -0.1) is 0 Å². The fourth-order valence-electron chi connectivity index (χ4n) is 9.46. The van der Waals surface area contributed by atoms with Crippen LogP contribution in [0.3, 0.4) is 0 Å². The Morgan fingerprint density at radius 2 is 0.938 bits per heavy atom. The SMILES string of the molecule is CCCCCCCCCCCCCCCC(=O)OC(COC(=O)CCC(=O)N[C@@H](CCC(=O)O)C(=O)N[C@@H](CCC(=O)O)C(=O)N[C@@H](CCSC)C(=O)N[C@@H](CCC(N)=O)C(=O)N[C@@H](CCCN=C(N)N)C(=O)N[C@@H](CCCN=C(N)N)C(=O)O)C1OC(=O)C(OP(=O)(O)O)C1=O. The number of phosphoric acid groups is 1. The van der Waals surface area contributed by atoms with Crippen LogP contribution >= 0.6 is 19.6 Å². The van der Waals surface area contributed by atoms with Crippen LogP contribution in [-0.2, 0) is 90.4 Å². The van der Waals surface area contributed by atoms with E-state index in [1.165, 1.54) is 50.3 Å². The van der Waals surface area contributed by atoms with Gasteiger partial charge in [-0.25, -0.2) is 14.2 Å². The first-order valence-electron chi connectivity index (χ1n) is 32.0. The number of aliphatic imine (C=N–C) groups is 2. The van der Waals surface area contributed by atoms with Gasteiger partial charge in [-0.05, 0) is 69.8 Å². The van der Waals surface area contributed by atoms with Crippen molar-refractivity contribution < 1.29 is 116 Å². The molecule has 0 radical (unpaired) electrons. The number of esters is 3. The summed E-state index contributed by atoms with van der Waals surface area (Å²) in [7, 11) is -5.46. The number of unbranched alkanes of at least 4 members (excludes halogenated alkanes) is 12. The van der Waals surface area contributed by atoms with Crippen LogP contribution in [0.4, 0.5) is 0 Å². The van der Waals surface area contributed by atoms with Crippen LogP contribution in [0.1, 0.15) is 180 Å². The zero-order chi connectivity index (χ0) is 73.0. The summed E-state index contributed by atoms with van der Waals surface area (Å²) >= 11 is 1.19. The molecule has 37 nitrogen and oxygen atoms in total. The summed E-state index contributed by atoms with van der Waals surface area (Å²) in [4.78, 5) is 209.